The van der Waals surface area contributed by atoms with E-state index in [-0.39, 0.29) is 16.3 Å². The summed E-state index contributed by atoms with van der Waals surface area (Å²) in [7, 11) is 0. The number of aryl methyl sites for hydroxylation is 3. The van der Waals surface area contributed by atoms with E-state index in [4.69, 9.17) is 0 Å². The van der Waals surface area contributed by atoms with Crippen molar-refractivity contribution in [1.29, 1.82) is 0 Å². The molecule has 4 aromatic rings. The van der Waals surface area contributed by atoms with Crippen LogP contribution in [0.3, 0.4) is 0 Å². The maximum atomic E-state index is 14.2. The number of hydrogen-bond acceptors (Lipinski definition) is 1. The highest BCUT2D eigenvalue weighted by molar-refractivity contribution is 5.97. The fourth-order valence-electron chi connectivity index (χ4n) is 3.92. The second-order valence-electron chi connectivity index (χ2n) is 8.03. The minimum absolute atomic E-state index is 0.0172. The van der Waals surface area contributed by atoms with E-state index < -0.39 is 40.7 Å². The summed E-state index contributed by atoms with van der Waals surface area (Å²) in [6, 6.07) is 9.06. The van der Waals surface area contributed by atoms with Gasteiger partial charge in [-0.3, -0.25) is 4.79 Å². The van der Waals surface area contributed by atoms with Crippen LogP contribution in [0.15, 0.2) is 48.5 Å². The van der Waals surface area contributed by atoms with Crippen molar-refractivity contribution in [3.05, 3.63) is 105 Å². The van der Waals surface area contributed by atoms with Crippen molar-refractivity contribution in [2.24, 2.45) is 0 Å². The number of halogens is 6. The molecule has 0 aliphatic rings. The van der Waals surface area contributed by atoms with Crippen molar-refractivity contribution in [2.75, 3.05) is 0 Å². The Kier molecular flexibility index (Phi) is 7.15. The molecule has 0 aromatic heterocycles. The smallest absolute Gasteiger partial charge is 0.255 e. The molecule has 0 aliphatic heterocycles. The lowest BCUT2D eigenvalue weighted by Gasteiger charge is -2.13. The topological polar surface area (TPSA) is 17.1 Å². The summed E-state index contributed by atoms with van der Waals surface area (Å²) in [4.78, 5) is 10.8. The molecule has 0 aliphatic carbocycles. The normalized spacial score (nSPS) is 10.8. The van der Waals surface area contributed by atoms with Gasteiger partial charge in [0.25, 0.3) is 0 Å². The van der Waals surface area contributed by atoms with Crippen molar-refractivity contribution in [2.45, 2.75) is 27.7 Å². The van der Waals surface area contributed by atoms with Crippen molar-refractivity contribution in [3.63, 3.8) is 0 Å². The van der Waals surface area contributed by atoms with Gasteiger partial charge < -0.3 is 0 Å². The Balaban J connectivity index is 0.000000271. The highest BCUT2D eigenvalue weighted by Gasteiger charge is 2.20. The third-order valence-corrected chi connectivity index (χ3v) is 5.44. The fourth-order valence-corrected chi connectivity index (χ4v) is 3.92. The molecule has 176 valence electrons. The van der Waals surface area contributed by atoms with E-state index >= 15 is 0 Å². The van der Waals surface area contributed by atoms with E-state index in [0.717, 1.165) is 33.9 Å². The van der Waals surface area contributed by atoms with Crippen LogP contribution in [0, 0.1) is 56.8 Å². The number of hydrogen-bond donors (Lipinski definition) is 0. The Morgan fingerprint density at radius 2 is 1.26 bits per heavy atom. The lowest BCUT2D eigenvalue weighted by molar-refractivity contribution is 0.0827. The summed E-state index contributed by atoms with van der Waals surface area (Å²) in [5.74, 6) is -4.95. The van der Waals surface area contributed by atoms with Gasteiger partial charge in [0.2, 0.25) is 0 Å². The molecular formula is C27H20F6O. The highest BCUT2D eigenvalue weighted by Crippen LogP contribution is 2.33. The maximum absolute atomic E-state index is 14.2. The second kappa shape index (κ2) is 9.71. The second-order valence-corrected chi connectivity index (χ2v) is 8.03. The Bertz CT molecular complexity index is 1380. The maximum Gasteiger partial charge on any atom is 0.338 e. The van der Waals surface area contributed by atoms with Gasteiger partial charge in [0.05, 0.1) is 0 Å². The average Bonchev–Trinajstić information content (AvgIpc) is 2.71. The Hall–Kier alpha value is -3.61. The Morgan fingerprint density at radius 1 is 0.706 bits per heavy atom. The first-order valence-electron chi connectivity index (χ1n) is 10.2. The molecular weight excluding hydrogens is 454 g/mol. The van der Waals surface area contributed by atoms with Gasteiger partial charge in [0.15, 0.2) is 0 Å². The molecule has 7 heteroatoms. The predicted octanol–water partition coefficient (Wildman–Crippen LogP) is 8.23. The SMILES string of the molecule is Cc1c(F)cc(F)cc1F.Cc1cc(C)c(-c2ccc3c(F)c(C(=O)F)c(F)cc3c2)c(C)c1. The molecule has 0 heterocycles. The monoisotopic (exact) mass is 474 g/mol. The molecule has 0 spiro atoms. The number of fused-ring (bicyclic) bond motifs is 1. The summed E-state index contributed by atoms with van der Waals surface area (Å²) >= 11 is 0. The molecule has 1 nitrogen and oxygen atoms in total. The van der Waals surface area contributed by atoms with Crippen LogP contribution in [-0.2, 0) is 0 Å². The van der Waals surface area contributed by atoms with E-state index in [1.54, 1.807) is 12.1 Å². The molecule has 0 bridgehead atoms. The number of carbonyl (C=O) groups excluding carboxylic acids is 1. The quantitative estimate of drug-likeness (QED) is 0.211. The first kappa shape index (κ1) is 25.0. The molecule has 0 N–H and O–H groups in total. The van der Waals surface area contributed by atoms with E-state index in [0.29, 0.717) is 12.1 Å². The van der Waals surface area contributed by atoms with E-state index in [2.05, 4.69) is 0 Å². The number of rotatable bonds is 2. The van der Waals surface area contributed by atoms with Crippen molar-refractivity contribution in [3.8, 4) is 11.1 Å². The minimum Gasteiger partial charge on any atom is -0.255 e. The lowest BCUT2D eigenvalue weighted by Crippen LogP contribution is -2.01. The first-order valence-corrected chi connectivity index (χ1v) is 10.2. The number of carbonyl (C=O) groups is 1. The van der Waals surface area contributed by atoms with Gasteiger partial charge in [-0.25, -0.2) is 22.0 Å². The minimum atomic E-state index is -2.11. The van der Waals surface area contributed by atoms with Crippen LogP contribution in [0.25, 0.3) is 21.9 Å². The summed E-state index contributed by atoms with van der Waals surface area (Å²) in [5.41, 5.74) is 3.77. The van der Waals surface area contributed by atoms with Crippen molar-refractivity contribution in [1.82, 2.24) is 0 Å². The van der Waals surface area contributed by atoms with Gasteiger partial charge >= 0.3 is 6.04 Å². The van der Waals surface area contributed by atoms with Gasteiger partial charge in [-0.2, -0.15) is 4.39 Å². The summed E-state index contributed by atoms with van der Waals surface area (Å²) in [5, 5.41) is 0.301. The van der Waals surface area contributed by atoms with Crippen molar-refractivity contribution < 1.29 is 31.1 Å². The van der Waals surface area contributed by atoms with Crippen LogP contribution in [0.1, 0.15) is 32.6 Å². The average molecular weight is 474 g/mol. The first-order chi connectivity index (χ1) is 15.9. The van der Waals surface area contributed by atoms with Crippen LogP contribution in [0.2, 0.25) is 0 Å². The molecule has 0 saturated carbocycles. The standard InChI is InChI=1S/C20H15F3O.C7H5F3/c1-10-6-11(2)17(12(3)7-10)13-4-5-15-14(8-13)9-16(21)18(19(15)22)20(23)24;1-4-6(9)2-5(8)3-7(4)10/h4-9H,1-3H3;2-3H,1H3. The molecule has 0 fully saturated rings. The highest BCUT2D eigenvalue weighted by atomic mass is 19.2. The molecule has 0 amide bonds. The third kappa shape index (κ3) is 4.98. The third-order valence-electron chi connectivity index (χ3n) is 5.44. The lowest BCUT2D eigenvalue weighted by atomic mass is 9.92. The van der Waals surface area contributed by atoms with Crippen molar-refractivity contribution >= 4 is 16.8 Å². The van der Waals surface area contributed by atoms with Crippen LogP contribution in [-0.4, -0.2) is 6.04 Å². The molecule has 0 radical (unpaired) electrons. The van der Waals surface area contributed by atoms with Gasteiger partial charge in [-0.1, -0.05) is 29.8 Å². The van der Waals surface area contributed by atoms with E-state index in [9.17, 15) is 31.1 Å². The van der Waals surface area contributed by atoms with Crippen LogP contribution < -0.4 is 0 Å². The molecule has 0 unspecified atom stereocenters. The summed E-state index contributed by atoms with van der Waals surface area (Å²) in [6.07, 6.45) is 0. The van der Waals surface area contributed by atoms with Crippen LogP contribution in [0.4, 0.5) is 26.3 Å². The predicted molar refractivity (Wildman–Crippen MR) is 120 cm³/mol. The summed E-state index contributed by atoms with van der Waals surface area (Å²) < 4.78 is 77.8. The zero-order chi connectivity index (χ0) is 25.3. The van der Waals surface area contributed by atoms with Gasteiger partial charge in [-0.05, 0) is 67.5 Å². The zero-order valence-corrected chi connectivity index (χ0v) is 18.8. The van der Waals surface area contributed by atoms with Gasteiger partial charge in [-0.15, -0.1) is 0 Å². The Labute approximate surface area is 192 Å². The summed E-state index contributed by atoms with van der Waals surface area (Å²) in [6.45, 7) is 7.21. The zero-order valence-electron chi connectivity index (χ0n) is 18.8. The molecule has 4 aromatic carbocycles. The van der Waals surface area contributed by atoms with Gasteiger partial charge in [0.1, 0.15) is 34.6 Å². The largest absolute Gasteiger partial charge is 0.338 e. The van der Waals surface area contributed by atoms with E-state index in [1.807, 2.05) is 32.9 Å². The van der Waals surface area contributed by atoms with Gasteiger partial charge in [0, 0.05) is 23.1 Å². The van der Waals surface area contributed by atoms with Crippen LogP contribution in [0.5, 0.6) is 0 Å². The molecule has 0 saturated heterocycles. The molecule has 34 heavy (non-hydrogen) atoms. The van der Waals surface area contributed by atoms with E-state index in [1.165, 1.54) is 13.0 Å². The molecule has 0 atom stereocenters. The molecule has 4 rings (SSSR count). The Morgan fingerprint density at radius 3 is 1.79 bits per heavy atom. The number of benzene rings is 4. The fraction of sp³-hybridized carbons (Fsp3) is 0.148. The van der Waals surface area contributed by atoms with Crippen LogP contribution >= 0.6 is 0 Å².